The Morgan fingerprint density at radius 2 is 2.00 bits per heavy atom. The fourth-order valence-electron chi connectivity index (χ4n) is 2.43. The van der Waals surface area contributed by atoms with Crippen LogP contribution in [0, 0.1) is 19.3 Å². The highest BCUT2D eigenvalue weighted by Crippen LogP contribution is 2.25. The van der Waals surface area contributed by atoms with Crippen molar-refractivity contribution >= 4 is 17.3 Å². The molecule has 1 amide bonds. The van der Waals surface area contributed by atoms with Gasteiger partial charge >= 0.3 is 0 Å². The first-order chi connectivity index (χ1) is 10.2. The first-order valence-corrected chi connectivity index (χ1v) is 6.70. The standard InChI is InChI=1S/C18H14N2O/c1-3-13-8-9-16-15(10-13)18(19-11-17(21)20-16)14-7-5-4-6-12(14)2/h1,4-10H,11H2,2H3,(H,20,21). The van der Waals surface area contributed by atoms with Gasteiger partial charge in [-0.25, -0.2) is 0 Å². The molecule has 3 heteroatoms. The summed E-state index contributed by atoms with van der Waals surface area (Å²) < 4.78 is 0. The summed E-state index contributed by atoms with van der Waals surface area (Å²) in [6, 6.07) is 13.5. The summed E-state index contributed by atoms with van der Waals surface area (Å²) >= 11 is 0. The van der Waals surface area contributed by atoms with E-state index in [0.717, 1.165) is 33.7 Å². The number of carbonyl (C=O) groups is 1. The van der Waals surface area contributed by atoms with Crippen LogP contribution in [-0.2, 0) is 4.79 Å². The predicted molar refractivity (Wildman–Crippen MR) is 84.7 cm³/mol. The van der Waals surface area contributed by atoms with E-state index in [2.05, 4.69) is 16.2 Å². The van der Waals surface area contributed by atoms with Crippen LogP contribution in [0.25, 0.3) is 0 Å². The number of aliphatic imine (C=N–C) groups is 1. The number of carbonyl (C=O) groups excluding carboxylic acids is 1. The lowest BCUT2D eigenvalue weighted by Gasteiger charge is -2.12. The number of hydrogen-bond acceptors (Lipinski definition) is 2. The van der Waals surface area contributed by atoms with Gasteiger partial charge in [-0.2, -0.15) is 0 Å². The summed E-state index contributed by atoms with van der Waals surface area (Å²) in [6.07, 6.45) is 5.49. The molecule has 2 aromatic rings. The quantitative estimate of drug-likeness (QED) is 0.798. The van der Waals surface area contributed by atoms with Gasteiger partial charge < -0.3 is 5.32 Å². The minimum absolute atomic E-state index is 0.115. The van der Waals surface area contributed by atoms with Crippen molar-refractivity contribution in [3.05, 3.63) is 64.7 Å². The Kier molecular flexibility index (Phi) is 3.29. The van der Waals surface area contributed by atoms with Crippen molar-refractivity contribution < 1.29 is 4.79 Å². The highest BCUT2D eigenvalue weighted by atomic mass is 16.1. The number of anilines is 1. The first-order valence-electron chi connectivity index (χ1n) is 6.70. The lowest BCUT2D eigenvalue weighted by atomic mass is 9.95. The van der Waals surface area contributed by atoms with Crippen molar-refractivity contribution in [2.75, 3.05) is 11.9 Å². The largest absolute Gasteiger partial charge is 0.324 e. The van der Waals surface area contributed by atoms with Crippen molar-refractivity contribution in [1.29, 1.82) is 0 Å². The molecule has 3 rings (SSSR count). The number of amides is 1. The Morgan fingerprint density at radius 1 is 1.19 bits per heavy atom. The van der Waals surface area contributed by atoms with E-state index in [4.69, 9.17) is 6.42 Å². The summed E-state index contributed by atoms with van der Waals surface area (Å²) in [5.74, 6) is 2.51. The maximum absolute atomic E-state index is 11.8. The van der Waals surface area contributed by atoms with E-state index in [0.29, 0.717) is 0 Å². The molecule has 0 fully saturated rings. The van der Waals surface area contributed by atoms with Gasteiger partial charge in [-0.3, -0.25) is 9.79 Å². The van der Waals surface area contributed by atoms with Crippen LogP contribution in [0.2, 0.25) is 0 Å². The van der Waals surface area contributed by atoms with E-state index in [1.807, 2.05) is 49.4 Å². The molecule has 0 atom stereocenters. The molecule has 1 N–H and O–H groups in total. The van der Waals surface area contributed by atoms with Crippen LogP contribution < -0.4 is 5.32 Å². The number of terminal acetylenes is 1. The first kappa shape index (κ1) is 13.1. The second-order valence-corrected chi connectivity index (χ2v) is 4.93. The van der Waals surface area contributed by atoms with E-state index < -0.39 is 0 Å². The molecule has 0 aromatic heterocycles. The molecular weight excluding hydrogens is 260 g/mol. The number of benzodiazepines with no additional fused rings is 1. The number of nitrogens with zero attached hydrogens (tertiary/aromatic N) is 1. The maximum atomic E-state index is 11.8. The normalized spacial score (nSPS) is 13.5. The second kappa shape index (κ2) is 5.26. The Morgan fingerprint density at radius 3 is 2.76 bits per heavy atom. The molecule has 102 valence electrons. The molecule has 1 heterocycles. The minimum atomic E-state index is -0.117. The minimum Gasteiger partial charge on any atom is -0.324 e. The van der Waals surface area contributed by atoms with Gasteiger partial charge in [0.05, 0.1) is 11.4 Å². The molecule has 0 aliphatic carbocycles. The molecule has 2 aromatic carbocycles. The summed E-state index contributed by atoms with van der Waals surface area (Å²) in [6.45, 7) is 2.15. The number of rotatable bonds is 1. The van der Waals surface area contributed by atoms with Crippen molar-refractivity contribution in [2.45, 2.75) is 6.92 Å². The predicted octanol–water partition coefficient (Wildman–Crippen LogP) is 2.77. The third-order valence-corrected chi connectivity index (χ3v) is 3.50. The zero-order valence-electron chi connectivity index (χ0n) is 11.7. The van der Waals surface area contributed by atoms with E-state index in [1.54, 1.807) is 0 Å². The van der Waals surface area contributed by atoms with Gasteiger partial charge in [0, 0.05) is 16.7 Å². The summed E-state index contributed by atoms with van der Waals surface area (Å²) in [5, 5.41) is 2.87. The highest BCUT2D eigenvalue weighted by Gasteiger charge is 2.19. The molecule has 0 unspecified atom stereocenters. The smallest absolute Gasteiger partial charge is 0.246 e. The van der Waals surface area contributed by atoms with Gasteiger partial charge in [-0.1, -0.05) is 30.2 Å². The molecule has 21 heavy (non-hydrogen) atoms. The Labute approximate surface area is 123 Å². The Hall–Kier alpha value is -2.86. The number of nitrogens with one attached hydrogen (secondary N) is 1. The molecule has 1 aliphatic heterocycles. The molecule has 0 bridgehead atoms. The van der Waals surface area contributed by atoms with E-state index in [-0.39, 0.29) is 12.5 Å². The third kappa shape index (κ3) is 2.44. The average Bonchev–Trinajstić information content (AvgIpc) is 2.65. The summed E-state index contributed by atoms with van der Waals surface area (Å²) in [5.41, 5.74) is 5.32. The number of aryl methyl sites for hydroxylation is 1. The van der Waals surface area contributed by atoms with Crippen molar-refractivity contribution in [3.8, 4) is 12.3 Å². The lowest BCUT2D eigenvalue weighted by molar-refractivity contribution is -0.114. The van der Waals surface area contributed by atoms with E-state index in [1.165, 1.54) is 0 Å². The van der Waals surface area contributed by atoms with Crippen LogP contribution in [0.3, 0.4) is 0 Å². The van der Waals surface area contributed by atoms with Gasteiger partial charge in [0.25, 0.3) is 0 Å². The van der Waals surface area contributed by atoms with Gasteiger partial charge in [0.1, 0.15) is 6.54 Å². The Balaban J connectivity index is 2.24. The van der Waals surface area contributed by atoms with Crippen LogP contribution >= 0.6 is 0 Å². The van der Waals surface area contributed by atoms with Gasteiger partial charge in [-0.05, 0) is 30.7 Å². The number of benzene rings is 2. The molecule has 0 radical (unpaired) electrons. The third-order valence-electron chi connectivity index (χ3n) is 3.50. The monoisotopic (exact) mass is 274 g/mol. The van der Waals surface area contributed by atoms with Crippen LogP contribution in [0.4, 0.5) is 5.69 Å². The maximum Gasteiger partial charge on any atom is 0.246 e. The lowest BCUT2D eigenvalue weighted by Crippen LogP contribution is -2.13. The van der Waals surface area contributed by atoms with Gasteiger partial charge in [-0.15, -0.1) is 6.42 Å². The number of hydrogen-bond donors (Lipinski definition) is 1. The fraction of sp³-hybridized carbons (Fsp3) is 0.111. The highest BCUT2D eigenvalue weighted by molar-refractivity contribution is 6.19. The van der Waals surface area contributed by atoms with Gasteiger partial charge in [0.2, 0.25) is 5.91 Å². The molecule has 0 saturated carbocycles. The molecule has 3 nitrogen and oxygen atoms in total. The summed E-state index contributed by atoms with van der Waals surface area (Å²) in [4.78, 5) is 16.3. The topological polar surface area (TPSA) is 41.5 Å². The van der Waals surface area contributed by atoms with E-state index >= 15 is 0 Å². The van der Waals surface area contributed by atoms with Crippen LogP contribution in [-0.4, -0.2) is 18.2 Å². The summed E-state index contributed by atoms with van der Waals surface area (Å²) in [7, 11) is 0. The van der Waals surface area contributed by atoms with Crippen LogP contribution in [0.15, 0.2) is 47.5 Å². The Bertz CT molecular complexity index is 797. The molecular formula is C18H14N2O. The molecule has 0 spiro atoms. The number of fused-ring (bicyclic) bond motifs is 1. The SMILES string of the molecule is C#Cc1ccc2c(c1)C(c1ccccc1C)=NCC(=O)N2. The zero-order valence-corrected chi connectivity index (χ0v) is 11.7. The second-order valence-electron chi connectivity index (χ2n) is 4.93. The van der Waals surface area contributed by atoms with Crippen LogP contribution in [0.5, 0.6) is 0 Å². The van der Waals surface area contributed by atoms with Crippen molar-refractivity contribution in [2.24, 2.45) is 4.99 Å². The van der Waals surface area contributed by atoms with Crippen LogP contribution in [0.1, 0.15) is 22.3 Å². The zero-order chi connectivity index (χ0) is 14.8. The van der Waals surface area contributed by atoms with Crippen molar-refractivity contribution in [1.82, 2.24) is 0 Å². The molecule has 0 saturated heterocycles. The fourth-order valence-corrected chi connectivity index (χ4v) is 2.43. The van der Waals surface area contributed by atoms with Gasteiger partial charge in [0.15, 0.2) is 0 Å². The average molecular weight is 274 g/mol. The van der Waals surface area contributed by atoms with Crippen molar-refractivity contribution in [3.63, 3.8) is 0 Å². The molecule has 1 aliphatic rings. The van der Waals surface area contributed by atoms with E-state index in [9.17, 15) is 4.79 Å².